The standard InChI is InChI=1S/C23H32N4O.ClH/c1-15(2)10-16-4-6-17(7-5-16)22(18-8-9-18)26-23(28)21-13-24-12-20(21)19-11-25-27(3)14-19;/h4-7,11,14-15,18,20-22,24H,8-10,12-13H2,1-3H3,(H,26,28);1H/t20-,21+,22?;/m1./s1. The van der Waals surface area contributed by atoms with E-state index in [0.717, 1.165) is 25.1 Å². The van der Waals surface area contributed by atoms with Crippen LogP contribution in [0, 0.1) is 17.8 Å². The van der Waals surface area contributed by atoms with E-state index in [4.69, 9.17) is 0 Å². The number of aryl methyl sites for hydroxylation is 1. The molecule has 5 nitrogen and oxygen atoms in total. The van der Waals surface area contributed by atoms with Crippen LogP contribution >= 0.6 is 12.4 Å². The Kier molecular flexibility index (Phi) is 7.01. The molecule has 0 bridgehead atoms. The summed E-state index contributed by atoms with van der Waals surface area (Å²) in [6.45, 7) is 6.06. The van der Waals surface area contributed by atoms with Crippen LogP contribution in [0.1, 0.15) is 55.3 Å². The van der Waals surface area contributed by atoms with Crippen LogP contribution in [0.15, 0.2) is 36.7 Å². The Morgan fingerprint density at radius 3 is 2.55 bits per heavy atom. The van der Waals surface area contributed by atoms with Gasteiger partial charge in [-0.3, -0.25) is 9.48 Å². The summed E-state index contributed by atoms with van der Waals surface area (Å²) < 4.78 is 1.81. The quantitative estimate of drug-likeness (QED) is 0.724. The number of nitrogens with zero attached hydrogens (tertiary/aromatic N) is 2. The van der Waals surface area contributed by atoms with Crippen LogP contribution in [0.4, 0.5) is 0 Å². The number of halogens is 1. The molecule has 2 fully saturated rings. The molecular weight excluding hydrogens is 384 g/mol. The van der Waals surface area contributed by atoms with Crippen molar-refractivity contribution in [2.45, 2.75) is 45.1 Å². The van der Waals surface area contributed by atoms with Crippen LogP contribution in [0.3, 0.4) is 0 Å². The van der Waals surface area contributed by atoms with Crippen molar-refractivity contribution in [1.82, 2.24) is 20.4 Å². The first kappa shape index (κ1) is 21.8. The van der Waals surface area contributed by atoms with Gasteiger partial charge in [-0.15, -0.1) is 12.4 Å². The predicted octanol–water partition coefficient (Wildman–Crippen LogP) is 3.61. The average molecular weight is 417 g/mol. The summed E-state index contributed by atoms with van der Waals surface area (Å²) in [6.07, 6.45) is 7.43. The van der Waals surface area contributed by atoms with Crippen LogP contribution in [-0.4, -0.2) is 28.8 Å². The molecule has 1 saturated carbocycles. The van der Waals surface area contributed by atoms with Crippen molar-refractivity contribution < 1.29 is 4.79 Å². The number of hydrogen-bond acceptors (Lipinski definition) is 3. The number of amides is 1. The highest BCUT2D eigenvalue weighted by Crippen LogP contribution is 2.41. The number of hydrogen-bond donors (Lipinski definition) is 2. The molecule has 29 heavy (non-hydrogen) atoms. The molecule has 4 rings (SSSR count). The monoisotopic (exact) mass is 416 g/mol. The fourth-order valence-corrected chi connectivity index (χ4v) is 4.43. The summed E-state index contributed by atoms with van der Waals surface area (Å²) in [5.74, 6) is 1.56. The molecule has 1 aromatic carbocycles. The zero-order chi connectivity index (χ0) is 19.7. The molecule has 2 N–H and O–H groups in total. The number of nitrogens with one attached hydrogen (secondary N) is 2. The van der Waals surface area contributed by atoms with E-state index in [-0.39, 0.29) is 36.2 Å². The average Bonchev–Trinajstić information content (AvgIpc) is 3.21. The van der Waals surface area contributed by atoms with Gasteiger partial charge in [-0.1, -0.05) is 38.1 Å². The maximum Gasteiger partial charge on any atom is 0.225 e. The predicted molar refractivity (Wildman–Crippen MR) is 118 cm³/mol. The van der Waals surface area contributed by atoms with E-state index in [2.05, 4.69) is 53.8 Å². The largest absolute Gasteiger partial charge is 0.349 e. The molecule has 3 atom stereocenters. The molecule has 158 valence electrons. The molecule has 2 aliphatic rings. The minimum atomic E-state index is -0.0364. The van der Waals surface area contributed by atoms with Gasteiger partial charge in [-0.05, 0) is 47.8 Å². The molecule has 2 aromatic rings. The number of carbonyl (C=O) groups is 1. The van der Waals surface area contributed by atoms with Gasteiger partial charge in [0, 0.05) is 32.3 Å². The van der Waals surface area contributed by atoms with Crippen molar-refractivity contribution in [3.63, 3.8) is 0 Å². The van der Waals surface area contributed by atoms with Crippen molar-refractivity contribution in [2.24, 2.45) is 24.8 Å². The third kappa shape index (κ3) is 5.20. The smallest absolute Gasteiger partial charge is 0.225 e. The summed E-state index contributed by atoms with van der Waals surface area (Å²) in [5.41, 5.74) is 3.76. The van der Waals surface area contributed by atoms with Crippen molar-refractivity contribution in [2.75, 3.05) is 13.1 Å². The van der Waals surface area contributed by atoms with Crippen molar-refractivity contribution in [1.29, 1.82) is 0 Å². The second-order valence-corrected chi connectivity index (χ2v) is 8.98. The number of aromatic nitrogens is 2. The lowest BCUT2D eigenvalue weighted by molar-refractivity contribution is -0.125. The summed E-state index contributed by atoms with van der Waals surface area (Å²) in [5, 5.41) is 11.1. The van der Waals surface area contributed by atoms with Crippen LogP contribution in [-0.2, 0) is 18.3 Å². The molecule has 1 amide bonds. The minimum absolute atomic E-state index is 0. The van der Waals surface area contributed by atoms with Crippen molar-refractivity contribution in [3.8, 4) is 0 Å². The lowest BCUT2D eigenvalue weighted by Crippen LogP contribution is -2.37. The highest BCUT2D eigenvalue weighted by molar-refractivity contribution is 5.85. The van der Waals surface area contributed by atoms with Gasteiger partial charge < -0.3 is 10.6 Å². The first-order valence-electron chi connectivity index (χ1n) is 10.6. The molecule has 0 radical (unpaired) electrons. The lowest BCUT2D eigenvalue weighted by atomic mass is 9.89. The van der Waals surface area contributed by atoms with Gasteiger partial charge in [-0.25, -0.2) is 0 Å². The van der Waals surface area contributed by atoms with Crippen LogP contribution in [0.25, 0.3) is 0 Å². The third-order valence-corrected chi connectivity index (χ3v) is 6.08. The lowest BCUT2D eigenvalue weighted by Gasteiger charge is -2.23. The summed E-state index contributed by atoms with van der Waals surface area (Å²) in [6, 6.07) is 9.02. The molecule has 2 heterocycles. The summed E-state index contributed by atoms with van der Waals surface area (Å²) in [7, 11) is 1.92. The number of rotatable bonds is 7. The highest BCUT2D eigenvalue weighted by Gasteiger charge is 2.39. The molecule has 0 spiro atoms. The fourth-order valence-electron chi connectivity index (χ4n) is 4.43. The topological polar surface area (TPSA) is 59.0 Å². The van der Waals surface area contributed by atoms with E-state index < -0.39 is 0 Å². The molecule has 1 aliphatic heterocycles. The molecule has 6 heteroatoms. The summed E-state index contributed by atoms with van der Waals surface area (Å²) >= 11 is 0. The van der Waals surface area contributed by atoms with E-state index in [1.807, 2.05) is 24.1 Å². The zero-order valence-corrected chi connectivity index (χ0v) is 18.4. The Labute approximate surface area is 180 Å². The van der Waals surface area contributed by atoms with Crippen LogP contribution in [0.2, 0.25) is 0 Å². The Bertz CT molecular complexity index is 813. The zero-order valence-electron chi connectivity index (χ0n) is 17.6. The van der Waals surface area contributed by atoms with Crippen LogP contribution < -0.4 is 10.6 Å². The van der Waals surface area contributed by atoms with Gasteiger partial charge in [0.25, 0.3) is 0 Å². The van der Waals surface area contributed by atoms with E-state index in [1.54, 1.807) is 0 Å². The van der Waals surface area contributed by atoms with E-state index >= 15 is 0 Å². The molecule has 1 aromatic heterocycles. The third-order valence-electron chi connectivity index (χ3n) is 6.08. The Balaban J connectivity index is 0.00000240. The second-order valence-electron chi connectivity index (χ2n) is 8.98. The van der Waals surface area contributed by atoms with Gasteiger partial charge in [0.1, 0.15) is 0 Å². The second kappa shape index (κ2) is 9.31. The maximum atomic E-state index is 13.2. The first-order chi connectivity index (χ1) is 13.5. The SMILES string of the molecule is CC(C)Cc1ccc(C(NC(=O)[C@H]2CNC[C@@H]2c2cnn(C)c2)C2CC2)cc1.Cl. The molecule has 1 saturated heterocycles. The van der Waals surface area contributed by atoms with Gasteiger partial charge in [0.2, 0.25) is 5.91 Å². The Hall–Kier alpha value is -1.85. The van der Waals surface area contributed by atoms with Gasteiger partial charge in [-0.2, -0.15) is 5.10 Å². The maximum absolute atomic E-state index is 13.2. The molecular formula is C23H33ClN4O. The van der Waals surface area contributed by atoms with Gasteiger partial charge in [0.05, 0.1) is 18.2 Å². The van der Waals surface area contributed by atoms with Gasteiger partial charge in [0.15, 0.2) is 0 Å². The van der Waals surface area contributed by atoms with Crippen molar-refractivity contribution in [3.05, 3.63) is 53.3 Å². The first-order valence-corrected chi connectivity index (χ1v) is 10.6. The van der Waals surface area contributed by atoms with E-state index in [1.165, 1.54) is 24.0 Å². The van der Waals surface area contributed by atoms with Gasteiger partial charge >= 0.3 is 0 Å². The van der Waals surface area contributed by atoms with E-state index in [0.29, 0.717) is 11.8 Å². The molecule has 1 unspecified atom stereocenters. The fraction of sp³-hybridized carbons (Fsp3) is 0.565. The summed E-state index contributed by atoms with van der Waals surface area (Å²) in [4.78, 5) is 13.2. The Morgan fingerprint density at radius 2 is 1.97 bits per heavy atom. The highest BCUT2D eigenvalue weighted by atomic mass is 35.5. The number of carbonyl (C=O) groups excluding carboxylic acids is 1. The minimum Gasteiger partial charge on any atom is -0.349 e. The van der Waals surface area contributed by atoms with Crippen LogP contribution in [0.5, 0.6) is 0 Å². The molecule has 1 aliphatic carbocycles. The normalized spacial score (nSPS) is 22.3. The van der Waals surface area contributed by atoms with Crippen molar-refractivity contribution >= 4 is 18.3 Å². The number of benzene rings is 1. The Morgan fingerprint density at radius 1 is 1.24 bits per heavy atom. The van der Waals surface area contributed by atoms with E-state index in [9.17, 15) is 4.79 Å².